The number of hydrogen-bond donors (Lipinski definition) is 1. The number of rotatable bonds is 2. The molecule has 2 aliphatic carbocycles. The summed E-state index contributed by atoms with van der Waals surface area (Å²) in [5, 5.41) is 12.2. The second-order valence-electron chi connectivity index (χ2n) is 5.95. The summed E-state index contributed by atoms with van der Waals surface area (Å²) in [6.45, 7) is 4.40. The highest BCUT2D eigenvalue weighted by atomic mass is 16.2. The van der Waals surface area contributed by atoms with Crippen LogP contribution < -0.4 is 5.32 Å². The third-order valence-electron chi connectivity index (χ3n) is 4.42. The number of amides is 1. The Balaban J connectivity index is 2.00. The average molecular weight is 220 g/mol. The molecular weight excluding hydrogens is 200 g/mol. The van der Waals surface area contributed by atoms with Crippen LogP contribution in [0.3, 0.4) is 0 Å². The fraction of sp³-hybridized carbons (Fsp3) is 0.846. The van der Waals surface area contributed by atoms with Crippen LogP contribution in [0.2, 0.25) is 0 Å². The molecule has 0 aromatic rings. The van der Waals surface area contributed by atoms with E-state index in [1.54, 1.807) is 0 Å². The Hall–Kier alpha value is -1.04. The lowest BCUT2D eigenvalue weighted by atomic mass is 9.69. The van der Waals surface area contributed by atoms with E-state index in [-0.39, 0.29) is 17.4 Å². The highest BCUT2D eigenvalue weighted by Gasteiger charge is 2.47. The summed E-state index contributed by atoms with van der Waals surface area (Å²) in [6, 6.07) is 2.46. The lowest BCUT2D eigenvalue weighted by molar-refractivity contribution is -0.133. The van der Waals surface area contributed by atoms with Gasteiger partial charge in [0.15, 0.2) is 0 Å². The van der Waals surface area contributed by atoms with E-state index in [0.717, 1.165) is 32.1 Å². The Morgan fingerprint density at radius 1 is 1.31 bits per heavy atom. The molecule has 0 spiro atoms. The lowest BCUT2D eigenvalue weighted by Crippen LogP contribution is -2.50. The van der Waals surface area contributed by atoms with Crippen molar-refractivity contribution in [3.8, 4) is 6.07 Å². The van der Waals surface area contributed by atoms with Gasteiger partial charge in [0, 0.05) is 6.04 Å². The molecule has 2 fully saturated rings. The van der Waals surface area contributed by atoms with E-state index in [1.807, 2.05) is 0 Å². The summed E-state index contributed by atoms with van der Waals surface area (Å²) in [4.78, 5) is 12.1. The standard InChI is InChI=1S/C13H20N2O/c1-12(2)6-3-5-10(12)15-11(16)13(9-14)7-4-8-13/h10H,3-8H2,1-2H3,(H,15,16). The monoisotopic (exact) mass is 220 g/mol. The smallest absolute Gasteiger partial charge is 0.240 e. The summed E-state index contributed by atoms with van der Waals surface area (Å²) >= 11 is 0. The molecule has 1 atom stereocenters. The van der Waals surface area contributed by atoms with Crippen molar-refractivity contribution in [1.82, 2.24) is 5.32 Å². The first-order valence-corrected chi connectivity index (χ1v) is 6.22. The van der Waals surface area contributed by atoms with Crippen LogP contribution in [0.1, 0.15) is 52.4 Å². The second-order valence-corrected chi connectivity index (χ2v) is 5.95. The molecule has 3 heteroatoms. The lowest BCUT2D eigenvalue weighted by Gasteiger charge is -2.36. The van der Waals surface area contributed by atoms with Gasteiger partial charge in [-0.3, -0.25) is 4.79 Å². The first-order valence-electron chi connectivity index (χ1n) is 6.22. The Morgan fingerprint density at radius 2 is 2.00 bits per heavy atom. The van der Waals surface area contributed by atoms with Crippen molar-refractivity contribution < 1.29 is 4.79 Å². The number of nitrogens with zero attached hydrogens (tertiary/aromatic N) is 1. The zero-order chi connectivity index (χ0) is 11.8. The van der Waals surface area contributed by atoms with Crippen LogP contribution in [0.25, 0.3) is 0 Å². The fourth-order valence-electron chi connectivity index (χ4n) is 2.81. The molecule has 2 rings (SSSR count). The summed E-state index contributed by atoms with van der Waals surface area (Å²) in [5.41, 5.74) is -0.505. The normalized spacial score (nSPS) is 30.2. The molecule has 16 heavy (non-hydrogen) atoms. The molecular formula is C13H20N2O. The molecule has 2 aliphatic rings. The average Bonchev–Trinajstić information content (AvgIpc) is 2.45. The van der Waals surface area contributed by atoms with Crippen LogP contribution in [0, 0.1) is 22.2 Å². The van der Waals surface area contributed by atoms with Crippen molar-refractivity contribution in [3.63, 3.8) is 0 Å². The minimum atomic E-state index is -0.696. The van der Waals surface area contributed by atoms with Crippen LogP contribution in [0.15, 0.2) is 0 Å². The molecule has 0 heterocycles. The maximum atomic E-state index is 12.1. The van der Waals surface area contributed by atoms with Crippen LogP contribution in [-0.2, 0) is 4.79 Å². The van der Waals surface area contributed by atoms with Gasteiger partial charge < -0.3 is 5.32 Å². The van der Waals surface area contributed by atoms with Crippen molar-refractivity contribution in [2.75, 3.05) is 0 Å². The van der Waals surface area contributed by atoms with Gasteiger partial charge >= 0.3 is 0 Å². The highest BCUT2D eigenvalue weighted by molar-refractivity contribution is 5.86. The van der Waals surface area contributed by atoms with Gasteiger partial charge in [0.1, 0.15) is 5.41 Å². The quantitative estimate of drug-likeness (QED) is 0.776. The van der Waals surface area contributed by atoms with Crippen molar-refractivity contribution in [1.29, 1.82) is 5.26 Å². The molecule has 2 saturated carbocycles. The fourth-order valence-corrected chi connectivity index (χ4v) is 2.81. The second kappa shape index (κ2) is 3.76. The van der Waals surface area contributed by atoms with Crippen molar-refractivity contribution in [2.24, 2.45) is 10.8 Å². The number of hydrogen-bond acceptors (Lipinski definition) is 2. The maximum absolute atomic E-state index is 12.1. The van der Waals surface area contributed by atoms with Crippen molar-refractivity contribution >= 4 is 5.91 Å². The van der Waals surface area contributed by atoms with E-state index in [4.69, 9.17) is 5.26 Å². The molecule has 0 bridgehead atoms. The van der Waals surface area contributed by atoms with Gasteiger partial charge in [-0.2, -0.15) is 5.26 Å². The topological polar surface area (TPSA) is 52.9 Å². The molecule has 0 aromatic carbocycles. The van der Waals surface area contributed by atoms with Gasteiger partial charge in [-0.1, -0.05) is 20.3 Å². The molecule has 3 nitrogen and oxygen atoms in total. The van der Waals surface area contributed by atoms with E-state index in [0.29, 0.717) is 0 Å². The van der Waals surface area contributed by atoms with E-state index in [1.165, 1.54) is 6.42 Å². The Bertz CT molecular complexity index is 336. The van der Waals surface area contributed by atoms with E-state index < -0.39 is 5.41 Å². The zero-order valence-electron chi connectivity index (χ0n) is 10.2. The SMILES string of the molecule is CC1(C)CCCC1NC(=O)C1(C#N)CCC1. The van der Waals surface area contributed by atoms with Gasteiger partial charge in [0.05, 0.1) is 6.07 Å². The third kappa shape index (κ3) is 1.71. The Morgan fingerprint density at radius 3 is 2.38 bits per heavy atom. The number of nitriles is 1. The third-order valence-corrected chi connectivity index (χ3v) is 4.42. The molecule has 0 aliphatic heterocycles. The summed E-state index contributed by atoms with van der Waals surface area (Å²) < 4.78 is 0. The van der Waals surface area contributed by atoms with Gasteiger partial charge in [0.25, 0.3) is 0 Å². The molecule has 1 amide bonds. The predicted molar refractivity (Wildman–Crippen MR) is 61.5 cm³/mol. The summed E-state index contributed by atoms with van der Waals surface area (Å²) in [5.74, 6) is -0.0266. The highest BCUT2D eigenvalue weighted by Crippen LogP contribution is 2.42. The summed E-state index contributed by atoms with van der Waals surface area (Å²) in [7, 11) is 0. The van der Waals surface area contributed by atoms with Crippen LogP contribution >= 0.6 is 0 Å². The largest absolute Gasteiger partial charge is 0.351 e. The first kappa shape index (κ1) is 11.4. The minimum absolute atomic E-state index is 0.0266. The van der Waals surface area contributed by atoms with E-state index in [2.05, 4.69) is 25.2 Å². The van der Waals surface area contributed by atoms with Crippen LogP contribution in [-0.4, -0.2) is 11.9 Å². The Kier molecular flexibility index (Phi) is 2.69. The van der Waals surface area contributed by atoms with Gasteiger partial charge in [-0.25, -0.2) is 0 Å². The van der Waals surface area contributed by atoms with Crippen LogP contribution in [0.4, 0.5) is 0 Å². The van der Waals surface area contributed by atoms with E-state index in [9.17, 15) is 4.79 Å². The maximum Gasteiger partial charge on any atom is 0.240 e. The molecule has 88 valence electrons. The van der Waals surface area contributed by atoms with Gasteiger partial charge in [0.2, 0.25) is 5.91 Å². The van der Waals surface area contributed by atoms with Gasteiger partial charge in [-0.05, 0) is 37.5 Å². The Labute approximate surface area is 97.2 Å². The molecule has 0 saturated heterocycles. The van der Waals surface area contributed by atoms with Crippen molar-refractivity contribution in [3.05, 3.63) is 0 Å². The first-order chi connectivity index (χ1) is 7.50. The molecule has 0 aromatic heterocycles. The van der Waals surface area contributed by atoms with E-state index >= 15 is 0 Å². The minimum Gasteiger partial charge on any atom is -0.351 e. The summed E-state index contributed by atoms with van der Waals surface area (Å²) in [6.07, 6.45) is 5.88. The molecule has 0 radical (unpaired) electrons. The zero-order valence-corrected chi connectivity index (χ0v) is 10.2. The number of nitrogens with one attached hydrogen (secondary N) is 1. The molecule has 1 N–H and O–H groups in total. The van der Waals surface area contributed by atoms with Crippen LogP contribution in [0.5, 0.6) is 0 Å². The van der Waals surface area contributed by atoms with Gasteiger partial charge in [-0.15, -0.1) is 0 Å². The number of carbonyl (C=O) groups is 1. The van der Waals surface area contributed by atoms with Crippen molar-refractivity contribution in [2.45, 2.75) is 58.4 Å². The molecule has 1 unspecified atom stereocenters. The number of carbonyl (C=O) groups excluding carboxylic acids is 1. The predicted octanol–water partition coefficient (Wildman–Crippen LogP) is 2.38.